The number of nitrogens with zero attached hydrogens (tertiary/aromatic N) is 3. The van der Waals surface area contributed by atoms with Gasteiger partial charge in [-0.25, -0.2) is 9.50 Å². The maximum absolute atomic E-state index is 8.81. The summed E-state index contributed by atoms with van der Waals surface area (Å²) in [6, 6.07) is 20.4. The number of fused-ring (bicyclic) bond motifs is 1. The molecular formula is C24H29N3O. The molecule has 0 saturated carbocycles. The second kappa shape index (κ2) is 13.0. The van der Waals surface area contributed by atoms with Crippen LogP contribution in [0.5, 0.6) is 0 Å². The largest absolute Gasteiger partial charge is 0.304 e. The molecule has 0 fully saturated rings. The molecule has 0 unspecified atom stereocenters. The lowest BCUT2D eigenvalue weighted by molar-refractivity contribution is -0.106. The molecule has 0 saturated heterocycles. The van der Waals surface area contributed by atoms with Crippen LogP contribution in [0, 0.1) is 0 Å². The van der Waals surface area contributed by atoms with E-state index in [0.29, 0.717) is 0 Å². The molecular weight excluding hydrogens is 346 g/mol. The Morgan fingerprint density at radius 3 is 1.79 bits per heavy atom. The van der Waals surface area contributed by atoms with Crippen molar-refractivity contribution in [3.05, 3.63) is 79.3 Å². The maximum Gasteiger partial charge on any atom is 0.162 e. The molecule has 2 heterocycles. The molecule has 4 nitrogen and oxygen atoms in total. The molecule has 0 N–H and O–H groups in total. The van der Waals surface area contributed by atoms with E-state index < -0.39 is 0 Å². The predicted molar refractivity (Wildman–Crippen MR) is 118 cm³/mol. The molecule has 0 spiro atoms. The van der Waals surface area contributed by atoms with Gasteiger partial charge in [-0.15, -0.1) is 0 Å². The third kappa shape index (κ3) is 5.88. The third-order valence-corrected chi connectivity index (χ3v) is 3.55. The molecule has 0 aliphatic heterocycles. The molecule has 0 amide bonds. The number of rotatable bonds is 2. The van der Waals surface area contributed by atoms with Gasteiger partial charge in [-0.2, -0.15) is 5.10 Å². The SMILES string of the molecule is CC.CC.CC=O.c1ccc(-c2cnc3c(-c4ccccc4)cnn3c2)cc1. The Balaban J connectivity index is 0.000000502. The standard InChI is InChI=1S/C18H13N3.C2H4O.2C2H6/c1-3-7-14(8-4-1)16-11-19-18-17(12-20-21(18)13-16)15-9-5-2-6-10-15;1-2-3;2*1-2/h1-13H;2H,1H3;2*1-2H3. The summed E-state index contributed by atoms with van der Waals surface area (Å²) in [6.45, 7) is 9.44. The summed E-state index contributed by atoms with van der Waals surface area (Å²) in [5.41, 5.74) is 5.26. The minimum absolute atomic E-state index is 0.750. The van der Waals surface area contributed by atoms with Gasteiger partial charge in [0.1, 0.15) is 6.29 Å². The highest BCUT2D eigenvalue weighted by Gasteiger charge is 2.08. The first-order chi connectivity index (χ1) is 13.8. The predicted octanol–water partition coefficient (Wildman–Crippen LogP) is 6.32. The van der Waals surface area contributed by atoms with Gasteiger partial charge in [0, 0.05) is 23.5 Å². The fraction of sp³-hybridized carbons (Fsp3) is 0.208. The zero-order valence-electron chi connectivity index (χ0n) is 17.3. The molecule has 0 atom stereocenters. The lowest BCUT2D eigenvalue weighted by Gasteiger charge is -2.02. The second-order valence-electron chi connectivity index (χ2n) is 5.14. The molecule has 0 bridgehead atoms. The normalized spacial score (nSPS) is 9.04. The van der Waals surface area contributed by atoms with Gasteiger partial charge < -0.3 is 4.79 Å². The first-order valence-electron chi connectivity index (χ1n) is 9.67. The molecule has 146 valence electrons. The molecule has 4 aromatic rings. The molecule has 4 rings (SSSR count). The molecule has 0 aliphatic rings. The molecule has 0 radical (unpaired) electrons. The van der Waals surface area contributed by atoms with E-state index in [1.165, 1.54) is 6.92 Å². The summed E-state index contributed by atoms with van der Waals surface area (Å²) in [5, 5.41) is 4.44. The van der Waals surface area contributed by atoms with Gasteiger partial charge in [0.2, 0.25) is 0 Å². The number of aromatic nitrogens is 3. The van der Waals surface area contributed by atoms with Crippen LogP contribution in [-0.4, -0.2) is 20.9 Å². The van der Waals surface area contributed by atoms with E-state index in [9.17, 15) is 0 Å². The quantitative estimate of drug-likeness (QED) is 0.385. The van der Waals surface area contributed by atoms with Crippen LogP contribution in [0.15, 0.2) is 79.3 Å². The van der Waals surface area contributed by atoms with Gasteiger partial charge in [-0.3, -0.25) is 0 Å². The van der Waals surface area contributed by atoms with Crippen molar-refractivity contribution in [2.75, 3.05) is 0 Å². The van der Waals surface area contributed by atoms with Crippen LogP contribution in [0.3, 0.4) is 0 Å². The summed E-state index contributed by atoms with van der Waals surface area (Å²) in [5.74, 6) is 0. The van der Waals surface area contributed by atoms with E-state index in [-0.39, 0.29) is 0 Å². The molecule has 28 heavy (non-hydrogen) atoms. The molecule has 2 aromatic heterocycles. The van der Waals surface area contributed by atoms with Crippen molar-refractivity contribution in [3.8, 4) is 22.3 Å². The van der Waals surface area contributed by atoms with Gasteiger partial charge in [0.05, 0.1) is 6.20 Å². The summed E-state index contributed by atoms with van der Waals surface area (Å²) < 4.78 is 1.84. The molecule has 4 heteroatoms. The van der Waals surface area contributed by atoms with Gasteiger partial charge in [-0.05, 0) is 18.1 Å². The van der Waals surface area contributed by atoms with Crippen molar-refractivity contribution < 1.29 is 4.79 Å². The monoisotopic (exact) mass is 375 g/mol. The fourth-order valence-electron chi connectivity index (χ4n) is 2.48. The smallest absolute Gasteiger partial charge is 0.162 e. The number of carbonyl (C=O) groups excluding carboxylic acids is 1. The highest BCUT2D eigenvalue weighted by atomic mass is 16.1. The zero-order valence-corrected chi connectivity index (χ0v) is 17.3. The highest BCUT2D eigenvalue weighted by Crippen LogP contribution is 2.25. The maximum atomic E-state index is 8.81. The Kier molecular flexibility index (Phi) is 10.6. The van der Waals surface area contributed by atoms with Crippen molar-refractivity contribution in [2.24, 2.45) is 0 Å². The topological polar surface area (TPSA) is 47.3 Å². The summed E-state index contributed by atoms with van der Waals surface area (Å²) in [4.78, 5) is 13.4. The van der Waals surface area contributed by atoms with Crippen LogP contribution in [0.1, 0.15) is 34.6 Å². The third-order valence-electron chi connectivity index (χ3n) is 3.55. The van der Waals surface area contributed by atoms with Gasteiger partial charge in [0.25, 0.3) is 0 Å². The van der Waals surface area contributed by atoms with Crippen LogP contribution in [0.2, 0.25) is 0 Å². The first kappa shape index (κ1) is 22.8. The Hall–Kier alpha value is -3.27. The van der Waals surface area contributed by atoms with E-state index >= 15 is 0 Å². The Morgan fingerprint density at radius 1 is 0.750 bits per heavy atom. The van der Waals surface area contributed by atoms with E-state index in [0.717, 1.165) is 34.2 Å². The van der Waals surface area contributed by atoms with Crippen molar-refractivity contribution in [2.45, 2.75) is 34.6 Å². The second-order valence-corrected chi connectivity index (χ2v) is 5.14. The lowest BCUT2D eigenvalue weighted by Crippen LogP contribution is -1.91. The number of carbonyl (C=O) groups is 1. The highest BCUT2D eigenvalue weighted by molar-refractivity contribution is 5.77. The van der Waals surface area contributed by atoms with E-state index in [1.807, 2.05) is 87.2 Å². The molecule has 2 aromatic carbocycles. The van der Waals surface area contributed by atoms with Gasteiger partial charge >= 0.3 is 0 Å². The Labute approximate surface area is 167 Å². The first-order valence-corrected chi connectivity index (χ1v) is 9.67. The van der Waals surface area contributed by atoms with Crippen molar-refractivity contribution >= 4 is 11.9 Å². The fourth-order valence-corrected chi connectivity index (χ4v) is 2.48. The van der Waals surface area contributed by atoms with E-state index in [2.05, 4.69) is 34.3 Å². The van der Waals surface area contributed by atoms with Crippen molar-refractivity contribution in [3.63, 3.8) is 0 Å². The van der Waals surface area contributed by atoms with Crippen LogP contribution < -0.4 is 0 Å². The van der Waals surface area contributed by atoms with Crippen LogP contribution in [0.4, 0.5) is 0 Å². The minimum Gasteiger partial charge on any atom is -0.304 e. The van der Waals surface area contributed by atoms with Gasteiger partial charge in [-0.1, -0.05) is 88.4 Å². The lowest BCUT2D eigenvalue weighted by atomic mass is 10.1. The summed E-state index contributed by atoms with van der Waals surface area (Å²) in [7, 11) is 0. The summed E-state index contributed by atoms with van der Waals surface area (Å²) in [6.07, 6.45) is 6.54. The van der Waals surface area contributed by atoms with Crippen molar-refractivity contribution in [1.29, 1.82) is 0 Å². The Bertz CT molecular complexity index is 932. The average Bonchev–Trinajstić information content (AvgIpc) is 3.22. The van der Waals surface area contributed by atoms with E-state index in [1.54, 1.807) is 0 Å². The Morgan fingerprint density at radius 2 is 1.25 bits per heavy atom. The van der Waals surface area contributed by atoms with Crippen LogP contribution >= 0.6 is 0 Å². The van der Waals surface area contributed by atoms with E-state index in [4.69, 9.17) is 4.79 Å². The minimum atomic E-state index is 0.750. The number of benzene rings is 2. The average molecular weight is 376 g/mol. The summed E-state index contributed by atoms with van der Waals surface area (Å²) >= 11 is 0. The van der Waals surface area contributed by atoms with Crippen LogP contribution in [0.25, 0.3) is 27.9 Å². The zero-order chi connectivity index (χ0) is 20.8. The van der Waals surface area contributed by atoms with Gasteiger partial charge in [0.15, 0.2) is 5.65 Å². The molecule has 0 aliphatic carbocycles. The number of hydrogen-bond acceptors (Lipinski definition) is 3. The van der Waals surface area contributed by atoms with Crippen LogP contribution in [-0.2, 0) is 4.79 Å². The van der Waals surface area contributed by atoms with Crippen molar-refractivity contribution in [1.82, 2.24) is 14.6 Å². The number of hydrogen-bond donors (Lipinski definition) is 0. The number of aldehydes is 1.